The zero-order valence-electron chi connectivity index (χ0n) is 15.8. The van der Waals surface area contributed by atoms with Crippen molar-refractivity contribution in [3.05, 3.63) is 71.8 Å². The van der Waals surface area contributed by atoms with Gasteiger partial charge in [-0.25, -0.2) is 4.79 Å². The van der Waals surface area contributed by atoms with E-state index < -0.39 is 0 Å². The summed E-state index contributed by atoms with van der Waals surface area (Å²) in [6.07, 6.45) is 4.28. The van der Waals surface area contributed by atoms with Crippen molar-refractivity contribution in [2.45, 2.75) is 38.9 Å². The minimum Gasteiger partial charge on any atom is -0.445 e. The summed E-state index contributed by atoms with van der Waals surface area (Å²) in [5.74, 6) is 1.18. The van der Waals surface area contributed by atoms with E-state index in [1.165, 1.54) is 18.4 Å². The Labute approximate surface area is 161 Å². The molecule has 0 aromatic heterocycles. The van der Waals surface area contributed by atoms with Crippen LogP contribution in [-0.2, 0) is 22.7 Å². The van der Waals surface area contributed by atoms with Gasteiger partial charge in [-0.2, -0.15) is 0 Å². The molecule has 1 fully saturated rings. The van der Waals surface area contributed by atoms with Crippen LogP contribution in [0.5, 0.6) is 0 Å². The Balaban J connectivity index is 1.25. The molecule has 0 bridgehead atoms. The molecule has 27 heavy (non-hydrogen) atoms. The molecule has 1 aliphatic rings. The minimum atomic E-state index is -0.327. The maximum atomic E-state index is 11.8. The number of hydrogen-bond donors (Lipinski definition) is 1. The van der Waals surface area contributed by atoms with Crippen LogP contribution in [0.1, 0.15) is 36.8 Å². The van der Waals surface area contributed by atoms with Gasteiger partial charge in [-0.3, -0.25) is 0 Å². The van der Waals surface area contributed by atoms with E-state index in [9.17, 15) is 4.79 Å². The number of benzene rings is 2. The second-order valence-electron chi connectivity index (χ2n) is 7.33. The average Bonchev–Trinajstić information content (AvgIpc) is 2.73. The van der Waals surface area contributed by atoms with E-state index in [0.717, 1.165) is 25.0 Å². The van der Waals surface area contributed by atoms with Crippen LogP contribution >= 0.6 is 0 Å². The first-order valence-electron chi connectivity index (χ1n) is 9.86. The van der Waals surface area contributed by atoms with Crippen molar-refractivity contribution in [3.8, 4) is 0 Å². The van der Waals surface area contributed by atoms with E-state index >= 15 is 0 Å². The summed E-state index contributed by atoms with van der Waals surface area (Å²) in [6.45, 7) is 2.53. The quantitative estimate of drug-likeness (QED) is 0.719. The van der Waals surface area contributed by atoms with Gasteiger partial charge >= 0.3 is 6.09 Å². The van der Waals surface area contributed by atoms with Crippen LogP contribution in [0.25, 0.3) is 0 Å². The largest absolute Gasteiger partial charge is 0.445 e. The van der Waals surface area contributed by atoms with E-state index in [2.05, 4.69) is 17.4 Å². The molecule has 4 heteroatoms. The Morgan fingerprint density at radius 2 is 1.37 bits per heavy atom. The SMILES string of the molecule is O=C(NCC1CCC(COCc2ccccc2)CC1)OCc1ccccc1. The fourth-order valence-electron chi connectivity index (χ4n) is 3.52. The van der Waals surface area contributed by atoms with Crippen LogP contribution in [0.3, 0.4) is 0 Å². The number of nitrogens with one attached hydrogen (secondary N) is 1. The molecule has 1 aliphatic carbocycles. The lowest BCUT2D eigenvalue weighted by molar-refractivity contribution is 0.0666. The van der Waals surface area contributed by atoms with Crippen LogP contribution in [0.4, 0.5) is 4.79 Å². The molecule has 0 heterocycles. The zero-order valence-corrected chi connectivity index (χ0v) is 15.8. The number of carbonyl (C=O) groups excluding carboxylic acids is 1. The smallest absolute Gasteiger partial charge is 0.407 e. The molecule has 3 rings (SSSR count). The lowest BCUT2D eigenvalue weighted by Gasteiger charge is -2.28. The third-order valence-electron chi connectivity index (χ3n) is 5.18. The number of alkyl carbamates (subject to hydrolysis) is 1. The molecule has 1 N–H and O–H groups in total. The van der Waals surface area contributed by atoms with Crippen LogP contribution in [-0.4, -0.2) is 19.2 Å². The summed E-state index contributed by atoms with van der Waals surface area (Å²) in [6, 6.07) is 20.0. The highest BCUT2D eigenvalue weighted by Crippen LogP contribution is 2.28. The summed E-state index contributed by atoms with van der Waals surface area (Å²) in [5, 5.41) is 2.91. The van der Waals surface area contributed by atoms with Gasteiger partial charge in [0, 0.05) is 13.2 Å². The predicted molar refractivity (Wildman–Crippen MR) is 106 cm³/mol. The Hall–Kier alpha value is -2.33. The summed E-state index contributed by atoms with van der Waals surface area (Å²) in [5.41, 5.74) is 2.23. The van der Waals surface area contributed by atoms with Crippen molar-refractivity contribution in [3.63, 3.8) is 0 Å². The highest BCUT2D eigenvalue weighted by atomic mass is 16.5. The molecule has 0 radical (unpaired) electrons. The zero-order chi connectivity index (χ0) is 18.7. The second kappa shape index (κ2) is 10.7. The van der Waals surface area contributed by atoms with Crippen LogP contribution in [0.15, 0.2) is 60.7 Å². The highest BCUT2D eigenvalue weighted by molar-refractivity contribution is 5.67. The van der Waals surface area contributed by atoms with Gasteiger partial charge in [0.15, 0.2) is 0 Å². The average molecular weight is 367 g/mol. The first-order chi connectivity index (χ1) is 13.3. The van der Waals surface area contributed by atoms with Crippen molar-refractivity contribution in [2.24, 2.45) is 11.8 Å². The molecule has 1 saturated carbocycles. The maximum absolute atomic E-state index is 11.8. The Morgan fingerprint density at radius 3 is 2.00 bits per heavy atom. The van der Waals surface area contributed by atoms with Crippen LogP contribution in [0.2, 0.25) is 0 Å². The molecule has 0 aliphatic heterocycles. The van der Waals surface area contributed by atoms with Gasteiger partial charge in [-0.05, 0) is 48.6 Å². The normalized spacial score (nSPS) is 19.4. The number of hydrogen-bond acceptors (Lipinski definition) is 3. The molecule has 0 spiro atoms. The minimum absolute atomic E-state index is 0.318. The van der Waals surface area contributed by atoms with Crippen LogP contribution < -0.4 is 5.32 Å². The lowest BCUT2D eigenvalue weighted by Crippen LogP contribution is -2.32. The molecule has 4 nitrogen and oxygen atoms in total. The number of carbonyl (C=O) groups is 1. The third-order valence-corrected chi connectivity index (χ3v) is 5.18. The van der Waals surface area contributed by atoms with E-state index in [4.69, 9.17) is 9.47 Å². The molecule has 2 aromatic rings. The Morgan fingerprint density at radius 1 is 0.815 bits per heavy atom. The van der Waals surface area contributed by atoms with Gasteiger partial charge in [0.05, 0.1) is 6.61 Å². The lowest BCUT2D eigenvalue weighted by atomic mass is 9.82. The van der Waals surface area contributed by atoms with Gasteiger partial charge in [-0.15, -0.1) is 0 Å². The van der Waals surface area contributed by atoms with E-state index in [1.807, 2.05) is 48.5 Å². The van der Waals surface area contributed by atoms with Gasteiger partial charge < -0.3 is 14.8 Å². The maximum Gasteiger partial charge on any atom is 0.407 e. The molecule has 1 amide bonds. The molecule has 144 valence electrons. The van der Waals surface area contributed by atoms with E-state index in [-0.39, 0.29) is 6.09 Å². The van der Waals surface area contributed by atoms with Crippen molar-refractivity contribution >= 4 is 6.09 Å². The molecule has 0 saturated heterocycles. The van der Waals surface area contributed by atoms with Crippen molar-refractivity contribution in [2.75, 3.05) is 13.2 Å². The molecule has 2 aromatic carbocycles. The number of rotatable bonds is 8. The molecular weight excluding hydrogens is 338 g/mol. The second-order valence-corrected chi connectivity index (χ2v) is 7.33. The highest BCUT2D eigenvalue weighted by Gasteiger charge is 2.21. The van der Waals surface area contributed by atoms with Gasteiger partial charge in [0.1, 0.15) is 6.61 Å². The first-order valence-corrected chi connectivity index (χ1v) is 9.86. The first kappa shape index (κ1) is 19.4. The van der Waals surface area contributed by atoms with Crippen molar-refractivity contribution < 1.29 is 14.3 Å². The standard InChI is InChI=1S/C23H29NO3/c25-23(27-18-21-9-5-2-6-10-21)24-15-19-11-13-22(14-12-19)17-26-16-20-7-3-1-4-8-20/h1-10,19,22H,11-18H2,(H,24,25). The summed E-state index contributed by atoms with van der Waals surface area (Å²) in [7, 11) is 0. The van der Waals surface area contributed by atoms with Crippen LogP contribution in [0, 0.1) is 11.8 Å². The topological polar surface area (TPSA) is 47.6 Å². The van der Waals surface area contributed by atoms with Gasteiger partial charge in [0.2, 0.25) is 0 Å². The fourth-order valence-corrected chi connectivity index (χ4v) is 3.52. The van der Waals surface area contributed by atoms with E-state index in [1.54, 1.807) is 0 Å². The Kier molecular flexibility index (Phi) is 7.72. The third kappa shape index (κ3) is 7.06. The summed E-state index contributed by atoms with van der Waals surface area (Å²) < 4.78 is 11.1. The number of ether oxygens (including phenoxy) is 2. The van der Waals surface area contributed by atoms with Crippen molar-refractivity contribution in [1.29, 1.82) is 0 Å². The predicted octanol–water partition coefficient (Wildman–Crippen LogP) is 4.94. The number of amides is 1. The summed E-state index contributed by atoms with van der Waals surface area (Å²) >= 11 is 0. The molecular formula is C23H29NO3. The fraction of sp³-hybridized carbons (Fsp3) is 0.435. The molecule has 0 unspecified atom stereocenters. The summed E-state index contributed by atoms with van der Waals surface area (Å²) in [4.78, 5) is 11.8. The van der Waals surface area contributed by atoms with Crippen molar-refractivity contribution in [1.82, 2.24) is 5.32 Å². The van der Waals surface area contributed by atoms with Gasteiger partial charge in [-0.1, -0.05) is 60.7 Å². The monoisotopic (exact) mass is 367 g/mol. The Bertz CT molecular complexity index is 667. The van der Waals surface area contributed by atoms with Gasteiger partial charge in [0.25, 0.3) is 0 Å². The molecule has 0 atom stereocenters. The van der Waals surface area contributed by atoms with E-state index in [0.29, 0.717) is 31.6 Å².